The van der Waals surface area contributed by atoms with Crippen LogP contribution in [0.3, 0.4) is 0 Å². The van der Waals surface area contributed by atoms with Gasteiger partial charge in [0.05, 0.1) is 12.7 Å². The molecule has 4 atom stereocenters. The Kier molecular flexibility index (Phi) is 19.9. The van der Waals surface area contributed by atoms with E-state index < -0.39 is 36.9 Å². The Morgan fingerprint density at radius 3 is 2.07 bits per heavy atom. The maximum Gasteiger partial charge on any atom is 0.280 e. The van der Waals surface area contributed by atoms with E-state index >= 15 is 0 Å². The molecule has 17 heteroatoms. The van der Waals surface area contributed by atoms with Crippen molar-refractivity contribution < 1.29 is 35.1 Å². The summed E-state index contributed by atoms with van der Waals surface area (Å²) in [7, 11) is 0. The maximum absolute atomic E-state index is 12.7. The molecular weight excluding hydrogens is 742 g/mol. The molecule has 1 heterocycles. The molecule has 16 nitrogen and oxygen atoms in total. The standard InChI is InChI=1S/C39H58ClN9O7/c1-2-3-4-7-21-49(23-29(51)33(54)34(55)30(52)24-50)22-20-44-31(53)18-13-26-11-16-28(17-12-26)27-14-9-25(10-15-27)8-5-6-19-45-39(43)48-38(56)32-36(41)47-37(42)35(40)46-32/h9-12,14-17,29-30,33-34,50-52,54-55H,2-8,13,18-24H2,1H3,(H,44,53)(H4,41,42,47)(H3,43,45,48,56)/t29-,30+,33+,34+/m0/s1. The third-order valence-electron chi connectivity index (χ3n) is 9.25. The molecule has 0 saturated carbocycles. The highest BCUT2D eigenvalue weighted by molar-refractivity contribution is 6.31. The second-order valence-electron chi connectivity index (χ2n) is 13.7. The summed E-state index contributed by atoms with van der Waals surface area (Å²) < 4.78 is 0. The number of aromatic nitrogens is 2. The first-order chi connectivity index (χ1) is 26.8. The largest absolute Gasteiger partial charge is 0.394 e. The van der Waals surface area contributed by atoms with Crippen LogP contribution in [0.4, 0.5) is 11.6 Å². The summed E-state index contributed by atoms with van der Waals surface area (Å²) in [6.45, 7) is 3.27. The maximum atomic E-state index is 12.7. The molecule has 2 aromatic carbocycles. The van der Waals surface area contributed by atoms with E-state index in [9.17, 15) is 30.0 Å². The van der Waals surface area contributed by atoms with Gasteiger partial charge in [-0.05, 0) is 60.9 Å². The molecule has 0 spiro atoms. The van der Waals surface area contributed by atoms with Crippen molar-refractivity contribution in [2.24, 2.45) is 10.7 Å². The molecule has 3 rings (SSSR count). The molecule has 0 bridgehead atoms. The van der Waals surface area contributed by atoms with E-state index in [4.69, 9.17) is 33.9 Å². The van der Waals surface area contributed by atoms with E-state index in [1.165, 1.54) is 5.56 Å². The second kappa shape index (κ2) is 24.3. The molecular formula is C39H58ClN9O7. The third-order valence-corrected chi connectivity index (χ3v) is 9.53. The first-order valence-corrected chi connectivity index (χ1v) is 19.4. The molecule has 56 heavy (non-hydrogen) atoms. The minimum absolute atomic E-state index is 0.0424. The minimum Gasteiger partial charge on any atom is -0.394 e. The van der Waals surface area contributed by atoms with Crippen LogP contribution < -0.4 is 27.8 Å². The van der Waals surface area contributed by atoms with Gasteiger partial charge in [0.1, 0.15) is 18.3 Å². The van der Waals surface area contributed by atoms with Crippen molar-refractivity contribution in [2.75, 3.05) is 50.8 Å². The number of aliphatic imine (C=N–C) groups is 1. The molecule has 13 N–H and O–H groups in total. The Morgan fingerprint density at radius 1 is 0.821 bits per heavy atom. The number of nitrogens with two attached hydrogens (primary N) is 3. The van der Waals surface area contributed by atoms with Gasteiger partial charge in [0, 0.05) is 32.6 Å². The van der Waals surface area contributed by atoms with Gasteiger partial charge < -0.3 is 48.1 Å². The Bertz CT molecular complexity index is 1680. The molecule has 308 valence electrons. The van der Waals surface area contributed by atoms with Crippen LogP contribution in [0.15, 0.2) is 53.5 Å². The van der Waals surface area contributed by atoms with E-state index in [-0.39, 0.29) is 40.9 Å². The summed E-state index contributed by atoms with van der Waals surface area (Å²) in [6.07, 6.45) is 1.17. The summed E-state index contributed by atoms with van der Waals surface area (Å²) in [4.78, 5) is 38.8. The Labute approximate surface area is 333 Å². The molecule has 3 aromatic rings. The normalized spacial score (nSPS) is 14.0. The van der Waals surface area contributed by atoms with Crippen LogP contribution in [-0.2, 0) is 17.6 Å². The number of aliphatic hydroxyl groups is 5. The van der Waals surface area contributed by atoms with Crippen molar-refractivity contribution in [1.82, 2.24) is 25.5 Å². The first-order valence-electron chi connectivity index (χ1n) is 19.0. The zero-order valence-corrected chi connectivity index (χ0v) is 32.7. The van der Waals surface area contributed by atoms with Crippen molar-refractivity contribution >= 4 is 41.0 Å². The molecule has 0 saturated heterocycles. The number of aryl methyl sites for hydroxylation is 2. The van der Waals surface area contributed by atoms with Gasteiger partial charge >= 0.3 is 0 Å². The minimum atomic E-state index is -1.68. The fourth-order valence-corrected chi connectivity index (χ4v) is 6.01. The van der Waals surface area contributed by atoms with Crippen LogP contribution in [0.2, 0.25) is 5.15 Å². The number of rotatable bonds is 24. The van der Waals surface area contributed by atoms with Gasteiger partial charge in [-0.15, -0.1) is 0 Å². The number of amides is 2. The zero-order chi connectivity index (χ0) is 41.0. The number of nitrogens with zero attached hydrogens (tertiary/aromatic N) is 4. The lowest BCUT2D eigenvalue weighted by atomic mass is 9.99. The monoisotopic (exact) mass is 799 g/mol. The highest BCUT2D eigenvalue weighted by Gasteiger charge is 2.31. The Hall–Kier alpha value is -4.42. The number of carbonyl (C=O) groups is 2. The molecule has 0 aliphatic carbocycles. The summed E-state index contributed by atoms with van der Waals surface area (Å²) in [5.41, 5.74) is 21.2. The summed E-state index contributed by atoms with van der Waals surface area (Å²) in [6, 6.07) is 16.5. The summed E-state index contributed by atoms with van der Waals surface area (Å²) in [5, 5.41) is 54.6. The number of unbranched alkanes of at least 4 members (excludes halogenated alkanes) is 4. The SMILES string of the molecule is CCCCCCN(CCNC(=O)CCc1ccc(-c2ccc(CCCCN=C(N)NC(=O)c3nc(Cl)c(N)nc3N)cc2)cc1)C[C@H](O)[C@@H](O)[C@H](O)[C@H](O)CO. The van der Waals surface area contributed by atoms with Crippen molar-refractivity contribution in [3.63, 3.8) is 0 Å². The number of nitrogen functional groups attached to an aromatic ring is 2. The fraction of sp³-hybridized carbons (Fsp3) is 0.513. The predicted molar refractivity (Wildman–Crippen MR) is 218 cm³/mol. The number of benzene rings is 2. The van der Waals surface area contributed by atoms with Crippen molar-refractivity contribution in [3.8, 4) is 11.1 Å². The van der Waals surface area contributed by atoms with Crippen LogP contribution in [0.1, 0.15) is 73.5 Å². The third kappa shape index (κ3) is 15.6. The number of nitrogens with one attached hydrogen (secondary N) is 2. The predicted octanol–water partition coefficient (Wildman–Crippen LogP) is 1.40. The number of hydrogen-bond acceptors (Lipinski definition) is 13. The highest BCUT2D eigenvalue weighted by Crippen LogP contribution is 2.22. The highest BCUT2D eigenvalue weighted by atomic mass is 35.5. The molecule has 0 aliphatic heterocycles. The van der Waals surface area contributed by atoms with Gasteiger partial charge in [0.15, 0.2) is 28.4 Å². The lowest BCUT2D eigenvalue weighted by Crippen LogP contribution is -2.50. The van der Waals surface area contributed by atoms with Gasteiger partial charge in [0.25, 0.3) is 5.91 Å². The van der Waals surface area contributed by atoms with Crippen molar-refractivity contribution in [2.45, 2.75) is 89.1 Å². The van der Waals surface area contributed by atoms with Crippen LogP contribution in [0.5, 0.6) is 0 Å². The molecule has 0 unspecified atom stereocenters. The lowest BCUT2D eigenvalue weighted by molar-refractivity contribution is -0.121. The Balaban J connectivity index is 1.38. The smallest absolute Gasteiger partial charge is 0.280 e. The summed E-state index contributed by atoms with van der Waals surface area (Å²) in [5.74, 6) is -1.09. The number of anilines is 2. The van der Waals surface area contributed by atoms with Gasteiger partial charge in [-0.25, -0.2) is 9.97 Å². The van der Waals surface area contributed by atoms with Crippen LogP contribution in [0.25, 0.3) is 11.1 Å². The fourth-order valence-electron chi connectivity index (χ4n) is 5.88. The van der Waals surface area contributed by atoms with Gasteiger partial charge in [-0.2, -0.15) is 0 Å². The number of guanidine groups is 1. The van der Waals surface area contributed by atoms with Gasteiger partial charge in [-0.3, -0.25) is 24.8 Å². The number of halogens is 1. The molecule has 2 amide bonds. The number of aliphatic hydroxyl groups excluding tert-OH is 5. The average molecular weight is 800 g/mol. The quantitative estimate of drug-likeness (QED) is 0.0349. The lowest BCUT2D eigenvalue weighted by Gasteiger charge is -2.30. The van der Waals surface area contributed by atoms with E-state index in [2.05, 4.69) is 56.8 Å². The van der Waals surface area contributed by atoms with Crippen LogP contribution in [0, 0.1) is 0 Å². The molecule has 1 aromatic heterocycles. The first kappa shape index (κ1) is 46.0. The van der Waals surface area contributed by atoms with Crippen LogP contribution >= 0.6 is 11.6 Å². The van der Waals surface area contributed by atoms with E-state index in [1.54, 1.807) is 0 Å². The molecule has 0 fully saturated rings. The summed E-state index contributed by atoms with van der Waals surface area (Å²) >= 11 is 5.83. The van der Waals surface area contributed by atoms with Gasteiger partial charge in [-0.1, -0.05) is 86.3 Å². The van der Waals surface area contributed by atoms with Crippen molar-refractivity contribution in [1.29, 1.82) is 0 Å². The zero-order valence-electron chi connectivity index (χ0n) is 32.0. The van der Waals surface area contributed by atoms with E-state index in [0.29, 0.717) is 39.0 Å². The average Bonchev–Trinajstić information content (AvgIpc) is 3.19. The Morgan fingerprint density at radius 2 is 1.45 bits per heavy atom. The second-order valence-corrected chi connectivity index (χ2v) is 14.1. The number of hydrogen-bond donors (Lipinski definition) is 10. The van der Waals surface area contributed by atoms with Crippen LogP contribution in [-0.4, -0.2) is 122 Å². The van der Waals surface area contributed by atoms with E-state index in [0.717, 1.165) is 61.6 Å². The van der Waals surface area contributed by atoms with Gasteiger partial charge in [0.2, 0.25) is 5.91 Å². The van der Waals surface area contributed by atoms with E-state index in [1.807, 2.05) is 29.2 Å². The topological polar surface area (TPSA) is 279 Å². The number of carbonyl (C=O) groups excluding carboxylic acids is 2. The van der Waals surface area contributed by atoms with Crippen molar-refractivity contribution in [3.05, 3.63) is 70.5 Å². The molecule has 0 radical (unpaired) electrons. The molecule has 0 aliphatic rings.